The van der Waals surface area contributed by atoms with E-state index in [9.17, 15) is 0 Å². The van der Waals surface area contributed by atoms with Crippen LogP contribution in [0.4, 0.5) is 0 Å². The number of nitrogens with zero attached hydrogens (tertiary/aromatic N) is 6. The molecule has 5 aromatic carbocycles. The minimum atomic E-state index is -2.42. The molecule has 0 saturated carbocycles. The number of pyridine rings is 1. The van der Waals surface area contributed by atoms with Crippen LogP contribution in [0.2, 0.25) is 0 Å². The summed E-state index contributed by atoms with van der Waals surface area (Å²) >= 11 is 0. The second kappa shape index (κ2) is 10.5. The van der Waals surface area contributed by atoms with Gasteiger partial charge < -0.3 is 18.3 Å². The fourth-order valence-corrected chi connectivity index (χ4v) is 7.25. The lowest BCUT2D eigenvalue weighted by atomic mass is 9.88. The number of rotatable bonds is 4. The van der Waals surface area contributed by atoms with E-state index in [1.54, 1.807) is 10.6 Å². The predicted molar refractivity (Wildman–Crippen MR) is 201 cm³/mol. The van der Waals surface area contributed by atoms with Gasteiger partial charge in [-0.2, -0.15) is 0 Å². The number of aromatic nitrogens is 6. The quantitative estimate of drug-likeness (QED) is 0.138. The van der Waals surface area contributed by atoms with E-state index in [0.717, 1.165) is 55.6 Å². The Morgan fingerprint density at radius 2 is 1.67 bits per heavy atom. The predicted octanol–water partition coefficient (Wildman–Crippen LogP) is 9.69. The molecular weight excluding hydrogens is 633 g/mol. The molecule has 0 atom stereocenters. The van der Waals surface area contributed by atoms with Crippen molar-refractivity contribution in [2.24, 2.45) is 6.98 Å². The molecular formula is C43H34N6O2. The zero-order valence-corrected chi connectivity index (χ0v) is 28.5. The highest BCUT2D eigenvalue weighted by atomic mass is 16.5. The van der Waals surface area contributed by atoms with Gasteiger partial charge in [-0.3, -0.25) is 8.97 Å². The topological polar surface area (TPSA) is 66.3 Å². The van der Waals surface area contributed by atoms with Crippen LogP contribution < -0.4 is 9.30 Å². The molecule has 0 unspecified atom stereocenters. The van der Waals surface area contributed by atoms with Crippen molar-refractivity contribution in [1.82, 2.24) is 23.5 Å². The highest BCUT2D eigenvalue weighted by Gasteiger charge is 2.22. The maximum atomic E-state index is 8.21. The van der Waals surface area contributed by atoms with Crippen molar-refractivity contribution in [3.05, 3.63) is 133 Å². The molecule has 5 aromatic heterocycles. The molecule has 0 bridgehead atoms. The van der Waals surface area contributed by atoms with Crippen LogP contribution in [-0.2, 0) is 12.4 Å². The van der Waals surface area contributed by atoms with Gasteiger partial charge in [-0.05, 0) is 72.0 Å². The Labute approximate surface area is 297 Å². The number of furan rings is 1. The summed E-state index contributed by atoms with van der Waals surface area (Å²) in [4.78, 5) is 10.0. The molecule has 51 heavy (non-hydrogen) atoms. The lowest BCUT2D eigenvalue weighted by Crippen LogP contribution is -2.26. The highest BCUT2D eigenvalue weighted by molar-refractivity contribution is 6.08. The number of hydrogen-bond donors (Lipinski definition) is 0. The fourth-order valence-electron chi connectivity index (χ4n) is 7.25. The van der Waals surface area contributed by atoms with Crippen LogP contribution in [-0.4, -0.2) is 23.5 Å². The van der Waals surface area contributed by atoms with Crippen molar-refractivity contribution < 1.29 is 17.8 Å². The summed E-state index contributed by atoms with van der Waals surface area (Å²) in [5.41, 5.74) is 9.15. The zero-order valence-electron chi connectivity index (χ0n) is 31.5. The molecule has 5 heterocycles. The molecule has 0 saturated heterocycles. The van der Waals surface area contributed by atoms with Crippen LogP contribution in [0.25, 0.3) is 72.3 Å². The third-order valence-corrected chi connectivity index (χ3v) is 9.82. The van der Waals surface area contributed by atoms with Crippen molar-refractivity contribution >= 4 is 60.8 Å². The molecule has 10 aromatic rings. The molecule has 0 aliphatic rings. The summed E-state index contributed by atoms with van der Waals surface area (Å²) in [6.45, 7) is 6.23. The Morgan fingerprint density at radius 1 is 0.824 bits per heavy atom. The van der Waals surface area contributed by atoms with E-state index in [-0.39, 0.29) is 5.41 Å². The summed E-state index contributed by atoms with van der Waals surface area (Å²) in [7, 11) is 0. The van der Waals surface area contributed by atoms with E-state index < -0.39 is 6.98 Å². The van der Waals surface area contributed by atoms with Crippen molar-refractivity contribution in [3.8, 4) is 23.0 Å². The van der Waals surface area contributed by atoms with Gasteiger partial charge >= 0.3 is 0 Å². The molecule has 8 nitrogen and oxygen atoms in total. The monoisotopic (exact) mass is 669 g/mol. The summed E-state index contributed by atoms with van der Waals surface area (Å²) in [5.74, 6) is 2.56. The summed E-state index contributed by atoms with van der Waals surface area (Å²) < 4.78 is 45.1. The first-order chi connectivity index (χ1) is 25.9. The first-order valence-electron chi connectivity index (χ1n) is 18.4. The smallest absolute Gasteiger partial charge is 0.244 e. The Hall–Kier alpha value is -6.41. The summed E-state index contributed by atoms with van der Waals surface area (Å²) in [6.07, 6.45) is 4.96. The molecule has 8 heteroatoms. The van der Waals surface area contributed by atoms with E-state index in [1.807, 2.05) is 72.9 Å². The Kier molecular flexibility index (Phi) is 5.47. The van der Waals surface area contributed by atoms with Crippen LogP contribution in [0.1, 0.15) is 36.0 Å². The maximum Gasteiger partial charge on any atom is 0.244 e. The number of imidazole rings is 3. The van der Waals surface area contributed by atoms with Crippen LogP contribution in [0.5, 0.6) is 11.5 Å². The largest absolute Gasteiger partial charge is 0.454 e. The number of para-hydroxylation sites is 4. The second-order valence-corrected chi connectivity index (χ2v) is 14.1. The number of aryl methyl sites for hydroxylation is 2. The van der Waals surface area contributed by atoms with Crippen LogP contribution in [0.15, 0.2) is 120 Å². The first kappa shape index (κ1) is 26.5. The van der Waals surface area contributed by atoms with Gasteiger partial charge in [0.25, 0.3) is 0 Å². The van der Waals surface area contributed by atoms with Crippen molar-refractivity contribution in [2.45, 2.75) is 33.1 Å². The van der Waals surface area contributed by atoms with E-state index in [0.29, 0.717) is 39.4 Å². The lowest BCUT2D eigenvalue weighted by molar-refractivity contribution is -0.649. The molecule has 10 rings (SSSR count). The van der Waals surface area contributed by atoms with Crippen LogP contribution in [0.3, 0.4) is 0 Å². The molecule has 248 valence electrons. The van der Waals surface area contributed by atoms with Crippen LogP contribution in [0, 0.1) is 13.3 Å². The van der Waals surface area contributed by atoms with Crippen molar-refractivity contribution in [1.29, 1.82) is 0 Å². The van der Waals surface area contributed by atoms with Gasteiger partial charge in [0.1, 0.15) is 17.2 Å². The van der Waals surface area contributed by atoms with Crippen molar-refractivity contribution in [2.75, 3.05) is 0 Å². The van der Waals surface area contributed by atoms with Crippen LogP contribution >= 0.6 is 0 Å². The maximum absolute atomic E-state index is 8.21. The van der Waals surface area contributed by atoms with E-state index in [1.165, 1.54) is 4.57 Å². The number of ether oxygens (including phenoxy) is 1. The Morgan fingerprint density at radius 3 is 2.55 bits per heavy atom. The molecule has 0 amide bonds. The number of hydrogen-bond acceptors (Lipinski definition) is 4. The van der Waals surface area contributed by atoms with Crippen molar-refractivity contribution in [3.63, 3.8) is 0 Å². The molecule has 0 aliphatic carbocycles. The minimum absolute atomic E-state index is 0.0872. The third-order valence-electron chi connectivity index (χ3n) is 9.82. The average Bonchev–Trinajstić information content (AvgIpc) is 3.90. The van der Waals surface area contributed by atoms with Gasteiger partial charge in [-0.1, -0.05) is 75.4 Å². The third kappa shape index (κ3) is 4.42. The van der Waals surface area contributed by atoms with Gasteiger partial charge in [0.15, 0.2) is 11.3 Å². The second-order valence-electron chi connectivity index (χ2n) is 14.1. The first-order valence-corrected chi connectivity index (χ1v) is 16.9. The Bertz CT molecular complexity index is 3140. The fraction of sp³-hybridized carbons (Fsp3) is 0.140. The van der Waals surface area contributed by atoms with E-state index >= 15 is 0 Å². The van der Waals surface area contributed by atoms with Gasteiger partial charge in [-0.25, -0.2) is 9.97 Å². The molecule has 0 aliphatic heterocycles. The number of benzene rings is 5. The summed E-state index contributed by atoms with van der Waals surface area (Å²) in [6, 6.07) is 35.5. The SMILES string of the molecule is [2H]C([2H])([2H])[n+]1[c-]n(-c2cc(Oc3ccc4c(c3)n(-c3cc(C(C)(C)C)ccn3)c3nc5c(C)cccc5n43)c3oc4ccccc4c3c2)c2ccccc21. The van der Waals surface area contributed by atoms with Gasteiger partial charge in [-0.15, -0.1) is 0 Å². The van der Waals surface area contributed by atoms with Gasteiger partial charge in [0.05, 0.1) is 49.9 Å². The Balaban J connectivity index is 1.20. The zero-order chi connectivity index (χ0) is 37.1. The van der Waals surface area contributed by atoms with Gasteiger partial charge in [0.2, 0.25) is 12.1 Å². The van der Waals surface area contributed by atoms with E-state index in [4.69, 9.17) is 23.2 Å². The average molecular weight is 670 g/mol. The molecule has 0 radical (unpaired) electrons. The number of fused-ring (bicyclic) bond motifs is 9. The molecule has 0 fully saturated rings. The standard InChI is InChI=1S/C43H34N6O2/c1-26-11-10-15-35-40(26)45-42-48(35)34-18-17-29(24-36(34)49(42)39-21-27(19-20-44-39)43(2,3)4)50-38-23-28(47-25-46(5)32-13-7-8-14-33(32)47)22-31-30-12-6-9-16-37(30)51-41(31)38/h6-24H,1-5H3/i5D3. The molecule has 0 N–H and O–H groups in total. The lowest BCUT2D eigenvalue weighted by Gasteiger charge is -2.19. The normalized spacial score (nSPS) is 13.5. The van der Waals surface area contributed by atoms with Gasteiger partial charge in [0, 0.05) is 23.0 Å². The van der Waals surface area contributed by atoms with E-state index in [2.05, 4.69) is 79.4 Å². The highest BCUT2D eigenvalue weighted by Crippen LogP contribution is 2.40. The minimum Gasteiger partial charge on any atom is -0.454 e. The molecule has 0 spiro atoms. The summed E-state index contributed by atoms with van der Waals surface area (Å²) in [5, 5.41) is 1.74.